The maximum absolute atomic E-state index is 9.45. The third-order valence-corrected chi connectivity index (χ3v) is 1.80. The van der Waals surface area contributed by atoms with Gasteiger partial charge in [-0.3, -0.25) is 0 Å². The number of benzene rings is 1. The highest BCUT2D eigenvalue weighted by Gasteiger charge is 2.13. The normalized spacial score (nSPS) is 8.88. The zero-order chi connectivity index (χ0) is 12.3. The van der Waals surface area contributed by atoms with Crippen LogP contribution in [-0.4, -0.2) is 20.4 Å². The van der Waals surface area contributed by atoms with Crippen LogP contribution in [0.1, 0.15) is 5.56 Å². The summed E-state index contributed by atoms with van der Waals surface area (Å²) in [7, 11) is 0. The van der Waals surface area contributed by atoms with Crippen LogP contribution in [0.2, 0.25) is 0 Å². The number of allylic oxidation sites excluding steroid dienone is 1. The van der Waals surface area contributed by atoms with Crippen LogP contribution in [0.4, 0.5) is 0 Å². The highest BCUT2D eigenvalue weighted by Crippen LogP contribution is 2.37. The maximum atomic E-state index is 9.45. The van der Waals surface area contributed by atoms with E-state index < -0.39 is 28.6 Å². The molecule has 0 heterocycles. The molecular weight excluding hydrogens is 212 g/mol. The van der Waals surface area contributed by atoms with E-state index in [1.807, 2.05) is 0 Å². The Labute approximate surface area is 90.2 Å². The first-order valence-electron chi connectivity index (χ1n) is 4.00. The van der Waals surface area contributed by atoms with Crippen molar-refractivity contribution >= 4 is 5.76 Å². The Balaban J connectivity index is 3.44. The van der Waals surface area contributed by atoms with Crippen LogP contribution in [-0.2, 0) is 0 Å². The molecule has 0 saturated heterocycles. The molecule has 1 aromatic carbocycles. The Kier molecular flexibility index (Phi) is 2.88. The Morgan fingerprint density at radius 2 is 1.44 bits per heavy atom. The molecule has 0 aliphatic rings. The minimum atomic E-state index is -0.744. The van der Waals surface area contributed by atoms with E-state index in [4.69, 9.17) is 25.8 Å². The van der Waals surface area contributed by atoms with Crippen molar-refractivity contribution < 1.29 is 20.4 Å². The number of hydrogen-bond donors (Lipinski definition) is 4. The van der Waals surface area contributed by atoms with Gasteiger partial charge in [0.25, 0.3) is 0 Å². The number of phenols is 3. The van der Waals surface area contributed by atoms with Gasteiger partial charge in [0.2, 0.25) is 0 Å². The molecule has 0 amide bonds. The number of rotatable bonds is 1. The number of phenolic OH excluding ortho intramolecular Hbond substituents is 3. The van der Waals surface area contributed by atoms with Gasteiger partial charge in [-0.15, -0.1) is 0 Å². The Morgan fingerprint density at radius 1 is 1.00 bits per heavy atom. The summed E-state index contributed by atoms with van der Waals surface area (Å²) in [5, 5.41) is 53.8. The molecule has 0 radical (unpaired) electrons. The Morgan fingerprint density at radius 3 is 1.81 bits per heavy atom. The van der Waals surface area contributed by atoms with Crippen LogP contribution in [0, 0.1) is 22.7 Å². The fourth-order valence-corrected chi connectivity index (χ4v) is 1.02. The van der Waals surface area contributed by atoms with Crippen LogP contribution in [0.3, 0.4) is 0 Å². The molecule has 0 spiro atoms. The predicted molar refractivity (Wildman–Crippen MR) is 52.2 cm³/mol. The van der Waals surface area contributed by atoms with Gasteiger partial charge in [0.05, 0.1) is 0 Å². The van der Waals surface area contributed by atoms with Crippen molar-refractivity contribution in [3.63, 3.8) is 0 Å². The molecule has 80 valence electrons. The predicted octanol–water partition coefficient (Wildman–Crippen LogP) is 1.12. The average Bonchev–Trinajstić information content (AvgIpc) is 2.26. The van der Waals surface area contributed by atoms with Gasteiger partial charge in [0.1, 0.15) is 12.1 Å². The van der Waals surface area contributed by atoms with Crippen LogP contribution in [0.5, 0.6) is 17.2 Å². The van der Waals surface area contributed by atoms with Crippen molar-refractivity contribution in [1.82, 2.24) is 0 Å². The van der Waals surface area contributed by atoms with E-state index in [2.05, 4.69) is 0 Å². The van der Waals surface area contributed by atoms with E-state index in [1.165, 1.54) is 12.1 Å². The second-order valence-corrected chi connectivity index (χ2v) is 2.81. The second-order valence-electron chi connectivity index (χ2n) is 2.81. The van der Waals surface area contributed by atoms with Gasteiger partial charge in [0.15, 0.2) is 28.6 Å². The molecule has 4 N–H and O–H groups in total. The van der Waals surface area contributed by atoms with Crippen LogP contribution < -0.4 is 0 Å². The zero-order valence-corrected chi connectivity index (χ0v) is 7.84. The summed E-state index contributed by atoms with van der Waals surface area (Å²) in [5.74, 6) is -2.77. The summed E-state index contributed by atoms with van der Waals surface area (Å²) < 4.78 is 0. The van der Waals surface area contributed by atoms with E-state index in [0.29, 0.717) is 0 Å². The standard InChI is InChI=1S/C10H6N2O4/c11-3-6(4-12)9(15)5-1-7(13)10(16)8(14)2-5/h1-2,13-16H. The summed E-state index contributed by atoms with van der Waals surface area (Å²) in [6, 6.07) is 4.72. The fraction of sp³-hybridized carbons (Fsp3) is 0. The van der Waals surface area contributed by atoms with Gasteiger partial charge in [-0.05, 0) is 12.1 Å². The van der Waals surface area contributed by atoms with Gasteiger partial charge in [0, 0.05) is 5.56 Å². The average molecular weight is 218 g/mol. The molecule has 1 aromatic rings. The van der Waals surface area contributed by atoms with E-state index in [9.17, 15) is 5.11 Å². The van der Waals surface area contributed by atoms with Crippen molar-refractivity contribution in [3.8, 4) is 29.4 Å². The summed E-state index contributed by atoms with van der Waals surface area (Å²) in [6.45, 7) is 0. The van der Waals surface area contributed by atoms with Gasteiger partial charge >= 0.3 is 0 Å². The molecule has 0 aromatic heterocycles. The van der Waals surface area contributed by atoms with E-state index in [1.54, 1.807) is 0 Å². The minimum Gasteiger partial charge on any atom is -0.505 e. The number of nitriles is 2. The fourth-order valence-electron chi connectivity index (χ4n) is 1.02. The first-order chi connectivity index (χ1) is 7.51. The second kappa shape index (κ2) is 4.11. The molecule has 16 heavy (non-hydrogen) atoms. The number of aliphatic hydroxyl groups excluding tert-OH is 1. The van der Waals surface area contributed by atoms with Gasteiger partial charge < -0.3 is 20.4 Å². The summed E-state index contributed by atoms with van der Waals surface area (Å²) in [6.07, 6.45) is 0. The van der Waals surface area contributed by atoms with E-state index in [-0.39, 0.29) is 5.56 Å². The lowest BCUT2D eigenvalue weighted by Crippen LogP contribution is -1.88. The first kappa shape index (κ1) is 11.2. The van der Waals surface area contributed by atoms with Crippen molar-refractivity contribution in [2.75, 3.05) is 0 Å². The highest BCUT2D eigenvalue weighted by molar-refractivity contribution is 5.72. The van der Waals surface area contributed by atoms with Crippen LogP contribution in [0.25, 0.3) is 5.76 Å². The quantitative estimate of drug-likeness (QED) is 0.317. The maximum Gasteiger partial charge on any atom is 0.200 e. The number of nitrogens with zero attached hydrogens (tertiary/aromatic N) is 2. The topological polar surface area (TPSA) is 128 Å². The molecule has 1 rings (SSSR count). The molecule has 0 unspecified atom stereocenters. The van der Waals surface area contributed by atoms with Gasteiger partial charge in [-0.1, -0.05) is 0 Å². The lowest BCUT2D eigenvalue weighted by molar-refractivity contribution is 0.367. The number of hydrogen-bond acceptors (Lipinski definition) is 6. The largest absolute Gasteiger partial charge is 0.505 e. The lowest BCUT2D eigenvalue weighted by atomic mass is 10.1. The zero-order valence-electron chi connectivity index (χ0n) is 7.84. The summed E-state index contributed by atoms with van der Waals surface area (Å²) in [4.78, 5) is 0. The Hall–Kier alpha value is -2.86. The van der Waals surface area contributed by atoms with E-state index >= 15 is 0 Å². The van der Waals surface area contributed by atoms with E-state index in [0.717, 1.165) is 12.1 Å². The molecule has 6 nitrogen and oxygen atoms in total. The Bertz CT molecular complexity index is 510. The van der Waals surface area contributed by atoms with Crippen LogP contribution in [0.15, 0.2) is 17.7 Å². The SMILES string of the molecule is N#CC(C#N)=C(O)c1cc(O)c(O)c(O)c1. The lowest BCUT2D eigenvalue weighted by Gasteiger charge is -2.04. The van der Waals surface area contributed by atoms with Gasteiger partial charge in [-0.25, -0.2) is 0 Å². The van der Waals surface area contributed by atoms with Crippen molar-refractivity contribution in [3.05, 3.63) is 23.3 Å². The van der Waals surface area contributed by atoms with Gasteiger partial charge in [-0.2, -0.15) is 10.5 Å². The summed E-state index contributed by atoms with van der Waals surface area (Å²) >= 11 is 0. The minimum absolute atomic E-state index is 0.147. The van der Waals surface area contributed by atoms with Crippen molar-refractivity contribution in [1.29, 1.82) is 10.5 Å². The molecule has 6 heteroatoms. The van der Waals surface area contributed by atoms with Crippen molar-refractivity contribution in [2.24, 2.45) is 0 Å². The third kappa shape index (κ3) is 1.81. The monoisotopic (exact) mass is 218 g/mol. The molecule has 0 bridgehead atoms. The van der Waals surface area contributed by atoms with Crippen LogP contribution >= 0.6 is 0 Å². The number of aliphatic hydroxyl groups is 1. The molecule has 0 aliphatic carbocycles. The first-order valence-corrected chi connectivity index (χ1v) is 4.00. The summed E-state index contributed by atoms with van der Waals surface area (Å²) in [5.41, 5.74) is -0.713. The van der Waals surface area contributed by atoms with Crippen molar-refractivity contribution in [2.45, 2.75) is 0 Å². The molecule has 0 aliphatic heterocycles. The molecule has 0 fully saturated rings. The molecule has 0 atom stereocenters. The highest BCUT2D eigenvalue weighted by atomic mass is 16.3. The smallest absolute Gasteiger partial charge is 0.200 e. The third-order valence-electron chi connectivity index (χ3n) is 1.80. The molecular formula is C10H6N2O4. The molecule has 0 saturated carbocycles. The number of aromatic hydroxyl groups is 3.